The Morgan fingerprint density at radius 3 is 2.34 bits per heavy atom. The number of carboxylic acids is 1. The lowest BCUT2D eigenvalue weighted by Crippen LogP contribution is -2.32. The van der Waals surface area contributed by atoms with E-state index in [0.717, 1.165) is 69.2 Å². The second-order valence-corrected chi connectivity index (χ2v) is 10.4. The number of benzene rings is 1. The number of hydrogen-bond donors (Lipinski definition) is 3. The Hall–Kier alpha value is -3.89. The summed E-state index contributed by atoms with van der Waals surface area (Å²) >= 11 is 0. The summed E-state index contributed by atoms with van der Waals surface area (Å²) in [5.41, 5.74) is 2.02. The van der Waals surface area contributed by atoms with Gasteiger partial charge in [0.2, 0.25) is 0 Å². The van der Waals surface area contributed by atoms with Gasteiger partial charge in [0.15, 0.2) is 11.6 Å². The van der Waals surface area contributed by atoms with Gasteiger partial charge in [-0.3, -0.25) is 14.6 Å². The van der Waals surface area contributed by atoms with Crippen LogP contribution in [0.2, 0.25) is 0 Å². The molecule has 2 fully saturated rings. The number of amides is 1. The quantitative estimate of drug-likeness (QED) is 0.340. The topological polar surface area (TPSA) is 130 Å². The van der Waals surface area contributed by atoms with Crippen LogP contribution >= 0.6 is 0 Å². The molecule has 200 valence electrons. The van der Waals surface area contributed by atoms with Crippen molar-refractivity contribution in [3.8, 4) is 0 Å². The van der Waals surface area contributed by atoms with E-state index in [1.165, 1.54) is 6.07 Å². The van der Waals surface area contributed by atoms with Crippen LogP contribution in [0.3, 0.4) is 0 Å². The van der Waals surface area contributed by atoms with Crippen molar-refractivity contribution >= 4 is 29.3 Å². The maximum absolute atomic E-state index is 13.4. The van der Waals surface area contributed by atoms with Crippen LogP contribution in [-0.4, -0.2) is 32.2 Å². The van der Waals surface area contributed by atoms with E-state index in [9.17, 15) is 18.4 Å². The highest BCUT2D eigenvalue weighted by atomic mass is 19.2. The lowest BCUT2D eigenvalue weighted by Gasteiger charge is -2.44. The molecule has 0 unspecified atom stereocenters. The van der Waals surface area contributed by atoms with Crippen molar-refractivity contribution in [2.75, 3.05) is 10.6 Å². The van der Waals surface area contributed by atoms with Gasteiger partial charge in [0, 0.05) is 29.8 Å². The molecule has 0 bridgehead atoms. The summed E-state index contributed by atoms with van der Waals surface area (Å²) in [6.45, 7) is 0. The Morgan fingerprint density at radius 1 is 0.974 bits per heavy atom. The number of halogens is 2. The number of pyridine rings is 1. The minimum absolute atomic E-state index is 0.139. The van der Waals surface area contributed by atoms with Gasteiger partial charge in [0.05, 0.1) is 11.9 Å². The van der Waals surface area contributed by atoms with Gasteiger partial charge in [0.25, 0.3) is 0 Å². The molecule has 2 aliphatic carbocycles. The van der Waals surface area contributed by atoms with E-state index in [2.05, 4.69) is 25.8 Å². The van der Waals surface area contributed by atoms with Gasteiger partial charge in [-0.15, -0.1) is 5.10 Å². The number of aromatic nitrogens is 3. The zero-order valence-corrected chi connectivity index (χ0v) is 20.8. The molecule has 0 saturated heterocycles. The molecule has 11 heteroatoms. The first kappa shape index (κ1) is 25.7. The zero-order valence-electron chi connectivity index (χ0n) is 20.8. The van der Waals surface area contributed by atoms with E-state index in [1.807, 2.05) is 6.07 Å². The van der Waals surface area contributed by atoms with E-state index in [-0.39, 0.29) is 24.0 Å². The third kappa shape index (κ3) is 5.98. The van der Waals surface area contributed by atoms with Gasteiger partial charge < -0.3 is 20.2 Å². The van der Waals surface area contributed by atoms with Crippen molar-refractivity contribution in [3.63, 3.8) is 0 Å². The molecule has 2 aromatic heterocycles. The molecule has 5 rings (SSSR count). The lowest BCUT2D eigenvalue weighted by molar-refractivity contribution is -0.138. The van der Waals surface area contributed by atoms with Crippen molar-refractivity contribution < 1.29 is 27.9 Å². The van der Waals surface area contributed by atoms with Gasteiger partial charge in [0.1, 0.15) is 0 Å². The molecule has 2 heterocycles. The first-order chi connectivity index (χ1) is 18.3. The van der Waals surface area contributed by atoms with Crippen LogP contribution in [0.5, 0.6) is 0 Å². The molecule has 0 aliphatic heterocycles. The fourth-order valence-corrected chi connectivity index (χ4v) is 5.74. The number of anilines is 3. The van der Waals surface area contributed by atoms with Crippen molar-refractivity contribution in [2.45, 2.75) is 63.7 Å². The van der Waals surface area contributed by atoms with Crippen LogP contribution in [0.25, 0.3) is 0 Å². The van der Waals surface area contributed by atoms with E-state index >= 15 is 0 Å². The summed E-state index contributed by atoms with van der Waals surface area (Å²) in [4.78, 5) is 28.1. The molecule has 3 aromatic rings. The van der Waals surface area contributed by atoms with Crippen LogP contribution in [0.15, 0.2) is 40.9 Å². The van der Waals surface area contributed by atoms with Gasteiger partial charge in [-0.2, -0.15) is 0 Å². The number of carbonyl (C=O) groups excluding carboxylic acids is 1. The monoisotopic (exact) mass is 525 g/mol. The minimum Gasteiger partial charge on any atom is -0.481 e. The third-order valence-electron chi connectivity index (χ3n) is 7.93. The normalized spacial score (nSPS) is 23.2. The molecule has 1 amide bonds. The van der Waals surface area contributed by atoms with Crippen LogP contribution in [0.4, 0.5) is 26.2 Å². The number of hydrogen-bond acceptors (Lipinski definition) is 7. The molecular formula is C27H29F2N5O4. The first-order valence-corrected chi connectivity index (χ1v) is 12.8. The van der Waals surface area contributed by atoms with Crippen molar-refractivity contribution in [1.82, 2.24) is 15.2 Å². The molecular weight excluding hydrogens is 496 g/mol. The van der Waals surface area contributed by atoms with Crippen LogP contribution in [0, 0.1) is 23.0 Å². The largest absolute Gasteiger partial charge is 0.481 e. The van der Waals surface area contributed by atoms with Crippen LogP contribution in [0.1, 0.15) is 80.1 Å². The summed E-state index contributed by atoms with van der Waals surface area (Å²) in [5.74, 6) is -2.95. The smallest absolute Gasteiger partial charge is 0.320 e. The van der Waals surface area contributed by atoms with Crippen molar-refractivity contribution in [1.29, 1.82) is 0 Å². The Morgan fingerprint density at radius 2 is 1.68 bits per heavy atom. The van der Waals surface area contributed by atoms with E-state index < -0.39 is 23.5 Å². The van der Waals surface area contributed by atoms with Gasteiger partial charge in [-0.25, -0.2) is 8.78 Å². The minimum atomic E-state index is -1.03. The molecule has 9 nitrogen and oxygen atoms in total. The molecule has 38 heavy (non-hydrogen) atoms. The summed E-state index contributed by atoms with van der Waals surface area (Å²) < 4.78 is 31.7. The fraction of sp³-hybridized carbons (Fsp3) is 0.444. The third-order valence-corrected chi connectivity index (χ3v) is 7.93. The Labute approximate surface area is 218 Å². The average Bonchev–Trinajstić information content (AvgIpc) is 3.37. The molecule has 0 atom stereocenters. The highest BCUT2D eigenvalue weighted by Gasteiger charge is 2.39. The van der Waals surface area contributed by atoms with Crippen molar-refractivity contribution in [3.05, 3.63) is 59.7 Å². The summed E-state index contributed by atoms with van der Waals surface area (Å²) in [6, 6.07) is 6.77. The second kappa shape index (κ2) is 10.8. The van der Waals surface area contributed by atoms with Gasteiger partial charge in [-0.05, 0) is 87.0 Å². The Bertz CT molecular complexity index is 1300. The van der Waals surface area contributed by atoms with Gasteiger partial charge >= 0.3 is 23.8 Å². The highest BCUT2D eigenvalue weighted by Crippen LogP contribution is 2.52. The molecule has 0 radical (unpaired) electrons. The lowest BCUT2D eigenvalue weighted by atomic mass is 9.61. The molecule has 2 saturated carbocycles. The number of nitrogens with zero attached hydrogens (tertiary/aromatic N) is 3. The average molecular weight is 526 g/mol. The first-order valence-electron chi connectivity index (χ1n) is 12.8. The summed E-state index contributed by atoms with van der Waals surface area (Å²) in [6.07, 6.45) is 10.5. The fourth-order valence-electron chi connectivity index (χ4n) is 5.74. The predicted octanol–water partition coefficient (Wildman–Crippen LogP) is 6.05. The van der Waals surface area contributed by atoms with Crippen LogP contribution in [-0.2, 0) is 4.79 Å². The summed E-state index contributed by atoms with van der Waals surface area (Å²) in [5, 5.41) is 21.7. The molecule has 1 aromatic carbocycles. The number of carbonyl (C=O) groups is 2. The SMILES string of the molecule is O=C(O)CC1CCC2(CC1)CCC(c1ccc(NC(=O)c3nnc(Nc4ccc(F)c(F)c4)o3)cn1)CC2. The predicted molar refractivity (Wildman–Crippen MR) is 134 cm³/mol. The maximum atomic E-state index is 13.4. The molecule has 1 spiro atoms. The molecule has 3 N–H and O–H groups in total. The van der Waals surface area contributed by atoms with Gasteiger partial charge in [-0.1, -0.05) is 5.10 Å². The number of rotatable bonds is 7. The number of nitrogens with one attached hydrogen (secondary N) is 2. The zero-order chi connectivity index (χ0) is 26.7. The standard InChI is InChI=1S/C27H29F2N5O4/c28-20-3-1-18(14-21(20)29)32-26-34-33-25(38-26)24(37)31-19-2-4-22(30-15-19)17-7-11-27(12-8-17)9-5-16(6-10-27)13-23(35)36/h1-4,14-17H,5-13H2,(H,31,37)(H,32,34)(H,35,36). The highest BCUT2D eigenvalue weighted by molar-refractivity contribution is 6.00. The second-order valence-electron chi connectivity index (χ2n) is 10.4. The molecule has 2 aliphatic rings. The van der Waals surface area contributed by atoms with Crippen LogP contribution < -0.4 is 10.6 Å². The number of aliphatic carboxylic acids is 1. The Kier molecular flexibility index (Phi) is 7.35. The van der Waals surface area contributed by atoms with E-state index in [4.69, 9.17) is 9.52 Å². The number of carboxylic acid groups (broad SMARTS) is 1. The maximum Gasteiger partial charge on any atom is 0.320 e. The van der Waals surface area contributed by atoms with Crippen molar-refractivity contribution in [2.24, 2.45) is 11.3 Å². The Balaban J connectivity index is 1.12. The van der Waals surface area contributed by atoms with E-state index in [1.54, 1.807) is 12.3 Å². The van der Waals surface area contributed by atoms with E-state index in [0.29, 0.717) is 22.9 Å². The summed E-state index contributed by atoms with van der Waals surface area (Å²) in [7, 11) is 0.